The lowest BCUT2D eigenvalue weighted by molar-refractivity contribution is 0.0690. The van der Waals surface area contributed by atoms with Gasteiger partial charge >= 0.3 is 12.0 Å². The molecule has 1 aliphatic rings. The predicted molar refractivity (Wildman–Crippen MR) is 78.5 cm³/mol. The van der Waals surface area contributed by atoms with Crippen LogP contribution in [0.15, 0.2) is 18.3 Å². The van der Waals surface area contributed by atoms with E-state index in [4.69, 9.17) is 5.11 Å². The normalized spacial score (nSPS) is 16.4. The minimum atomic E-state index is -1.09. The molecule has 1 unspecified atom stereocenters. The molecule has 0 radical (unpaired) electrons. The highest BCUT2D eigenvalue weighted by molar-refractivity contribution is 5.90. The lowest BCUT2D eigenvalue weighted by Gasteiger charge is -2.23. The van der Waals surface area contributed by atoms with Gasteiger partial charge < -0.3 is 15.7 Å². The standard InChI is InChI=1S/C14H20N4O3/c1-10(18-6-2-3-7-18)8-16-14(21)17-11-4-5-12(13(19)20)15-9-11/h4-5,9-10H,2-3,6-8H2,1H3,(H,19,20)(H2,16,17,21). The average Bonchev–Trinajstić information content (AvgIpc) is 2.99. The first-order valence-electron chi connectivity index (χ1n) is 7.04. The van der Waals surface area contributed by atoms with Crippen molar-refractivity contribution < 1.29 is 14.7 Å². The van der Waals surface area contributed by atoms with Crippen molar-refractivity contribution in [1.29, 1.82) is 0 Å². The van der Waals surface area contributed by atoms with E-state index in [0.29, 0.717) is 18.3 Å². The summed E-state index contributed by atoms with van der Waals surface area (Å²) in [5.41, 5.74) is 0.412. The Bertz CT molecular complexity index is 497. The van der Waals surface area contributed by atoms with Gasteiger partial charge in [-0.3, -0.25) is 4.90 Å². The van der Waals surface area contributed by atoms with E-state index in [1.807, 2.05) is 0 Å². The number of nitrogens with zero attached hydrogens (tertiary/aromatic N) is 2. The number of hydrogen-bond acceptors (Lipinski definition) is 4. The van der Waals surface area contributed by atoms with Crippen molar-refractivity contribution >= 4 is 17.7 Å². The van der Waals surface area contributed by atoms with Gasteiger partial charge in [-0.05, 0) is 45.0 Å². The highest BCUT2D eigenvalue weighted by Crippen LogP contribution is 2.11. The number of carboxylic acids is 1. The number of carbonyl (C=O) groups is 2. The molecule has 0 spiro atoms. The van der Waals surface area contributed by atoms with Crippen LogP contribution in [0.2, 0.25) is 0 Å². The van der Waals surface area contributed by atoms with E-state index in [1.165, 1.54) is 31.2 Å². The molecular weight excluding hydrogens is 272 g/mol. The number of rotatable bonds is 5. The number of hydrogen-bond donors (Lipinski definition) is 3. The SMILES string of the molecule is CC(CNC(=O)Nc1ccc(C(=O)O)nc1)N1CCCC1. The quantitative estimate of drug-likeness (QED) is 0.762. The van der Waals surface area contributed by atoms with Gasteiger partial charge in [0, 0.05) is 12.6 Å². The van der Waals surface area contributed by atoms with Crippen molar-refractivity contribution in [3.05, 3.63) is 24.0 Å². The van der Waals surface area contributed by atoms with Crippen molar-refractivity contribution in [2.75, 3.05) is 25.0 Å². The molecule has 1 aromatic heterocycles. The highest BCUT2D eigenvalue weighted by Gasteiger charge is 2.18. The number of urea groups is 1. The van der Waals surface area contributed by atoms with Crippen LogP contribution in [0.5, 0.6) is 0 Å². The molecule has 1 saturated heterocycles. The van der Waals surface area contributed by atoms with Crippen LogP contribution in [0, 0.1) is 0 Å². The second-order valence-electron chi connectivity index (χ2n) is 5.16. The number of carbonyl (C=O) groups excluding carboxylic acids is 1. The minimum Gasteiger partial charge on any atom is -0.477 e. The number of amides is 2. The van der Waals surface area contributed by atoms with E-state index in [9.17, 15) is 9.59 Å². The van der Waals surface area contributed by atoms with Crippen LogP contribution in [-0.4, -0.2) is 52.7 Å². The Balaban J connectivity index is 1.77. The van der Waals surface area contributed by atoms with E-state index in [2.05, 4.69) is 27.4 Å². The van der Waals surface area contributed by atoms with Crippen LogP contribution in [0.3, 0.4) is 0 Å². The zero-order valence-electron chi connectivity index (χ0n) is 12.0. The van der Waals surface area contributed by atoms with Gasteiger partial charge in [0.15, 0.2) is 0 Å². The van der Waals surface area contributed by atoms with Crippen LogP contribution in [0.25, 0.3) is 0 Å². The van der Waals surface area contributed by atoms with Gasteiger partial charge in [0.05, 0.1) is 11.9 Å². The number of likely N-dealkylation sites (tertiary alicyclic amines) is 1. The largest absolute Gasteiger partial charge is 0.477 e. The number of carboxylic acid groups (broad SMARTS) is 1. The van der Waals surface area contributed by atoms with E-state index < -0.39 is 5.97 Å². The zero-order valence-corrected chi connectivity index (χ0v) is 12.0. The molecule has 1 atom stereocenters. The smallest absolute Gasteiger partial charge is 0.354 e. The fraction of sp³-hybridized carbons (Fsp3) is 0.500. The number of anilines is 1. The molecule has 7 nitrogen and oxygen atoms in total. The summed E-state index contributed by atoms with van der Waals surface area (Å²) in [6.45, 7) is 4.84. The Morgan fingerprint density at radius 2 is 2.10 bits per heavy atom. The number of aromatic nitrogens is 1. The molecular formula is C14H20N4O3. The molecule has 2 rings (SSSR count). The van der Waals surface area contributed by atoms with Gasteiger partial charge in [0.1, 0.15) is 5.69 Å². The molecule has 1 aromatic rings. The first-order chi connectivity index (χ1) is 10.1. The molecule has 7 heteroatoms. The summed E-state index contributed by atoms with van der Waals surface area (Å²) in [5, 5.41) is 14.2. The summed E-state index contributed by atoms with van der Waals surface area (Å²) < 4.78 is 0. The second-order valence-corrected chi connectivity index (χ2v) is 5.16. The fourth-order valence-electron chi connectivity index (χ4n) is 2.32. The molecule has 0 bridgehead atoms. The molecule has 1 aliphatic heterocycles. The molecule has 1 fully saturated rings. The maximum Gasteiger partial charge on any atom is 0.354 e. The van der Waals surface area contributed by atoms with E-state index >= 15 is 0 Å². The third-order valence-electron chi connectivity index (χ3n) is 3.56. The second kappa shape index (κ2) is 7.03. The van der Waals surface area contributed by atoms with Crippen molar-refractivity contribution in [3.8, 4) is 0 Å². The van der Waals surface area contributed by atoms with Gasteiger partial charge in [-0.25, -0.2) is 14.6 Å². The predicted octanol–water partition coefficient (Wildman–Crippen LogP) is 1.39. The number of nitrogens with one attached hydrogen (secondary N) is 2. The molecule has 0 aliphatic carbocycles. The lowest BCUT2D eigenvalue weighted by atomic mass is 10.3. The molecule has 0 saturated carbocycles. The maximum atomic E-state index is 11.8. The van der Waals surface area contributed by atoms with Crippen molar-refractivity contribution in [1.82, 2.24) is 15.2 Å². The summed E-state index contributed by atoms with van der Waals surface area (Å²) >= 11 is 0. The number of aromatic carboxylic acids is 1. The van der Waals surface area contributed by atoms with Crippen LogP contribution in [0.4, 0.5) is 10.5 Å². The summed E-state index contributed by atoms with van der Waals surface area (Å²) in [6, 6.07) is 2.86. The molecule has 0 aromatic carbocycles. The molecule has 2 amide bonds. The molecule has 3 N–H and O–H groups in total. The minimum absolute atomic E-state index is 0.0522. The summed E-state index contributed by atoms with van der Waals surface area (Å²) in [6.07, 6.45) is 3.77. The molecule has 114 valence electrons. The summed E-state index contributed by atoms with van der Waals surface area (Å²) in [5.74, 6) is -1.09. The third kappa shape index (κ3) is 4.42. The van der Waals surface area contributed by atoms with Gasteiger partial charge in [-0.1, -0.05) is 0 Å². The van der Waals surface area contributed by atoms with E-state index in [1.54, 1.807) is 0 Å². The van der Waals surface area contributed by atoms with Crippen LogP contribution >= 0.6 is 0 Å². The van der Waals surface area contributed by atoms with E-state index in [0.717, 1.165) is 13.1 Å². The van der Waals surface area contributed by atoms with Gasteiger partial charge in [0.2, 0.25) is 0 Å². The van der Waals surface area contributed by atoms with Crippen molar-refractivity contribution in [3.63, 3.8) is 0 Å². The Labute approximate surface area is 123 Å². The van der Waals surface area contributed by atoms with Crippen LogP contribution in [0.1, 0.15) is 30.3 Å². The van der Waals surface area contributed by atoms with E-state index in [-0.39, 0.29) is 11.7 Å². The fourth-order valence-corrected chi connectivity index (χ4v) is 2.32. The number of pyridine rings is 1. The molecule has 2 heterocycles. The molecule has 21 heavy (non-hydrogen) atoms. The Hall–Kier alpha value is -2.15. The summed E-state index contributed by atoms with van der Waals surface area (Å²) in [7, 11) is 0. The summed E-state index contributed by atoms with van der Waals surface area (Å²) in [4.78, 5) is 28.5. The topological polar surface area (TPSA) is 94.6 Å². The van der Waals surface area contributed by atoms with Crippen LogP contribution < -0.4 is 10.6 Å². The average molecular weight is 292 g/mol. The zero-order chi connectivity index (χ0) is 15.2. The first kappa shape index (κ1) is 15.2. The van der Waals surface area contributed by atoms with Gasteiger partial charge in [-0.2, -0.15) is 0 Å². The Kier molecular flexibility index (Phi) is 5.10. The van der Waals surface area contributed by atoms with Gasteiger partial charge in [0.25, 0.3) is 0 Å². The first-order valence-corrected chi connectivity index (χ1v) is 7.04. The highest BCUT2D eigenvalue weighted by atomic mass is 16.4. The van der Waals surface area contributed by atoms with Crippen LogP contribution in [-0.2, 0) is 0 Å². The Morgan fingerprint density at radius 1 is 1.38 bits per heavy atom. The Morgan fingerprint density at radius 3 is 2.67 bits per heavy atom. The monoisotopic (exact) mass is 292 g/mol. The maximum absolute atomic E-state index is 11.8. The third-order valence-corrected chi connectivity index (χ3v) is 3.56. The van der Waals surface area contributed by atoms with Crippen molar-refractivity contribution in [2.24, 2.45) is 0 Å². The lowest BCUT2D eigenvalue weighted by Crippen LogP contribution is -2.42. The van der Waals surface area contributed by atoms with Gasteiger partial charge in [-0.15, -0.1) is 0 Å². The van der Waals surface area contributed by atoms with Crippen molar-refractivity contribution in [2.45, 2.75) is 25.8 Å².